The fourth-order valence-corrected chi connectivity index (χ4v) is 4.57. The van der Waals surface area contributed by atoms with Gasteiger partial charge in [0.15, 0.2) is 0 Å². The highest BCUT2D eigenvalue weighted by atomic mass is 79.9. The van der Waals surface area contributed by atoms with E-state index in [1.807, 2.05) is 30.3 Å². The van der Waals surface area contributed by atoms with E-state index in [0.717, 1.165) is 21.5 Å². The molecule has 6 heteroatoms. The molecule has 0 N–H and O–H groups in total. The molecule has 1 aromatic carbocycles. The van der Waals surface area contributed by atoms with E-state index in [0.29, 0.717) is 11.5 Å². The Morgan fingerprint density at radius 3 is 2.31 bits per heavy atom. The second kappa shape index (κ2) is 5.77. The zero-order valence-electron chi connectivity index (χ0n) is 13.7. The van der Waals surface area contributed by atoms with Gasteiger partial charge in [0.25, 0.3) is 11.8 Å². The van der Waals surface area contributed by atoms with Crippen molar-refractivity contribution < 1.29 is 14.0 Å². The van der Waals surface area contributed by atoms with Crippen LogP contribution in [-0.4, -0.2) is 23.0 Å². The maximum absolute atomic E-state index is 12.6. The molecule has 2 bridgehead atoms. The van der Waals surface area contributed by atoms with E-state index < -0.39 is 0 Å². The van der Waals surface area contributed by atoms with Crippen molar-refractivity contribution in [2.75, 3.05) is 0 Å². The number of hydrogen-bond acceptors (Lipinski definition) is 4. The molecule has 3 aliphatic rings. The fourth-order valence-electron chi connectivity index (χ4n) is 4.31. The predicted octanol–water partition coefficient (Wildman–Crippen LogP) is 3.85. The molecule has 130 valence electrons. The van der Waals surface area contributed by atoms with Gasteiger partial charge in [-0.15, -0.1) is 0 Å². The average molecular weight is 411 g/mol. The van der Waals surface area contributed by atoms with Gasteiger partial charge in [0.05, 0.1) is 18.1 Å². The van der Waals surface area contributed by atoms with Crippen LogP contribution in [-0.2, 0) is 9.59 Å². The summed E-state index contributed by atoms with van der Waals surface area (Å²) in [6.45, 7) is 0. The highest BCUT2D eigenvalue weighted by molar-refractivity contribution is 9.10. The Morgan fingerprint density at radius 1 is 1.00 bits per heavy atom. The van der Waals surface area contributed by atoms with E-state index in [-0.39, 0.29) is 35.5 Å². The third kappa shape index (κ3) is 2.32. The first-order valence-corrected chi connectivity index (χ1v) is 9.37. The molecule has 2 heterocycles. The maximum atomic E-state index is 12.6. The van der Waals surface area contributed by atoms with Gasteiger partial charge in [-0.1, -0.05) is 40.2 Å². The number of allylic oxidation sites excluding steroid dienone is 2. The molecule has 26 heavy (non-hydrogen) atoms. The number of carbonyl (C=O) groups is 2. The number of hydrogen-bond donors (Lipinski definition) is 0. The molecule has 2 aliphatic carbocycles. The molecule has 0 unspecified atom stereocenters. The number of amides is 2. The van der Waals surface area contributed by atoms with Crippen LogP contribution >= 0.6 is 15.9 Å². The van der Waals surface area contributed by atoms with Crippen molar-refractivity contribution in [3.63, 3.8) is 0 Å². The summed E-state index contributed by atoms with van der Waals surface area (Å²) in [6, 6.07) is 11.4. The zero-order chi connectivity index (χ0) is 17.8. The molecule has 2 fully saturated rings. The van der Waals surface area contributed by atoms with Crippen LogP contribution in [0.3, 0.4) is 0 Å². The third-order valence-electron chi connectivity index (χ3n) is 5.50. The molecule has 2 amide bonds. The number of furan rings is 1. The van der Waals surface area contributed by atoms with Gasteiger partial charge in [-0.25, -0.2) is 0 Å². The Hall–Kier alpha value is -2.47. The molecule has 1 aromatic heterocycles. The smallest absolute Gasteiger partial charge is 0.254 e. The second-order valence-corrected chi connectivity index (χ2v) is 7.86. The zero-order valence-corrected chi connectivity index (χ0v) is 15.3. The van der Waals surface area contributed by atoms with Crippen molar-refractivity contribution in [1.82, 2.24) is 5.01 Å². The number of hydrazone groups is 1. The van der Waals surface area contributed by atoms with E-state index in [1.54, 1.807) is 6.07 Å². The molecular formula is C20H15BrN2O3. The summed E-state index contributed by atoms with van der Waals surface area (Å²) in [5.74, 6) is 0.747. The lowest BCUT2D eigenvalue weighted by atomic mass is 9.85. The quantitative estimate of drug-likeness (QED) is 0.438. The number of fused-ring (bicyclic) bond motifs is 5. The van der Waals surface area contributed by atoms with Crippen molar-refractivity contribution >= 4 is 34.0 Å². The molecule has 5 rings (SSSR count). The first-order valence-electron chi connectivity index (χ1n) is 8.58. The number of benzene rings is 1. The van der Waals surface area contributed by atoms with Gasteiger partial charge in [-0.05, 0) is 42.5 Å². The third-order valence-corrected chi connectivity index (χ3v) is 6.03. The summed E-state index contributed by atoms with van der Waals surface area (Å²) in [5, 5.41) is 5.17. The lowest BCUT2D eigenvalue weighted by molar-refractivity contribution is -0.140. The summed E-state index contributed by atoms with van der Waals surface area (Å²) in [7, 11) is 0. The fraction of sp³-hybridized carbons (Fsp3) is 0.250. The Bertz CT molecular complexity index is 930. The molecule has 1 saturated carbocycles. The average Bonchev–Trinajstić information content (AvgIpc) is 3.40. The van der Waals surface area contributed by atoms with Gasteiger partial charge in [-0.2, -0.15) is 10.1 Å². The highest BCUT2D eigenvalue weighted by Crippen LogP contribution is 2.52. The summed E-state index contributed by atoms with van der Waals surface area (Å²) < 4.78 is 6.76. The number of imide groups is 1. The molecule has 2 aromatic rings. The van der Waals surface area contributed by atoms with Crippen LogP contribution < -0.4 is 0 Å². The number of halogens is 1. The Kier molecular flexibility index (Phi) is 3.50. The normalized spacial score (nSPS) is 29.3. The Labute approximate surface area is 158 Å². The molecule has 1 saturated heterocycles. The monoisotopic (exact) mass is 410 g/mol. The summed E-state index contributed by atoms with van der Waals surface area (Å²) in [6.07, 6.45) is 6.50. The van der Waals surface area contributed by atoms with Crippen molar-refractivity contribution in [2.24, 2.45) is 28.8 Å². The summed E-state index contributed by atoms with van der Waals surface area (Å²) >= 11 is 3.40. The molecule has 4 atom stereocenters. The van der Waals surface area contributed by atoms with E-state index in [9.17, 15) is 9.59 Å². The maximum Gasteiger partial charge on any atom is 0.254 e. The van der Waals surface area contributed by atoms with Crippen LogP contribution in [0.5, 0.6) is 0 Å². The lowest BCUT2D eigenvalue weighted by Gasteiger charge is -2.13. The number of nitrogens with zero attached hydrogens (tertiary/aromatic N) is 2. The minimum absolute atomic E-state index is 0.187. The molecule has 0 spiro atoms. The largest absolute Gasteiger partial charge is 0.455 e. The molecule has 1 aliphatic heterocycles. The summed E-state index contributed by atoms with van der Waals surface area (Å²) in [4.78, 5) is 25.2. The standard InChI is InChI=1S/C20H15BrN2O3/c21-14-5-3-11(4-6-14)16-8-7-15(26-16)10-22-23-19(24)17-12-1-2-13(9-12)18(17)20(23)25/h1-8,10,12-13,17-18H,9H2/b22-10-/t12-,13-,17+,18+/m0/s1. The van der Waals surface area contributed by atoms with Crippen molar-refractivity contribution in [2.45, 2.75) is 6.42 Å². The van der Waals surface area contributed by atoms with Crippen molar-refractivity contribution in [3.8, 4) is 11.3 Å². The SMILES string of the molecule is O=C1[C@H]2[C@H](C(=O)N1/N=C\c1ccc(-c3ccc(Br)cc3)o1)[C@H]1C=C[C@H]2C1. The van der Waals surface area contributed by atoms with E-state index in [4.69, 9.17) is 4.42 Å². The topological polar surface area (TPSA) is 62.9 Å². The van der Waals surface area contributed by atoms with Crippen LogP contribution in [0, 0.1) is 23.7 Å². The number of carbonyl (C=O) groups excluding carboxylic acids is 2. The van der Waals surface area contributed by atoms with Gasteiger partial charge in [0.2, 0.25) is 0 Å². The first-order chi connectivity index (χ1) is 12.6. The van der Waals surface area contributed by atoms with E-state index in [1.165, 1.54) is 6.21 Å². The van der Waals surface area contributed by atoms with E-state index >= 15 is 0 Å². The van der Waals surface area contributed by atoms with Crippen LogP contribution in [0.1, 0.15) is 12.2 Å². The molecule has 0 radical (unpaired) electrons. The van der Waals surface area contributed by atoms with Crippen LogP contribution in [0.15, 0.2) is 62.5 Å². The van der Waals surface area contributed by atoms with Gasteiger partial charge in [-0.3, -0.25) is 9.59 Å². The lowest BCUT2D eigenvalue weighted by Crippen LogP contribution is -2.28. The second-order valence-electron chi connectivity index (χ2n) is 6.94. The Morgan fingerprint density at radius 2 is 1.65 bits per heavy atom. The first kappa shape index (κ1) is 15.8. The van der Waals surface area contributed by atoms with E-state index in [2.05, 4.69) is 33.2 Å². The van der Waals surface area contributed by atoms with Gasteiger partial charge >= 0.3 is 0 Å². The van der Waals surface area contributed by atoms with Crippen molar-refractivity contribution in [1.29, 1.82) is 0 Å². The highest BCUT2D eigenvalue weighted by Gasteiger charge is 2.59. The minimum Gasteiger partial charge on any atom is -0.455 e. The van der Waals surface area contributed by atoms with Gasteiger partial charge < -0.3 is 4.42 Å². The van der Waals surface area contributed by atoms with Gasteiger partial charge in [0, 0.05) is 10.0 Å². The minimum atomic E-state index is -0.232. The van der Waals surface area contributed by atoms with Crippen LogP contribution in [0.25, 0.3) is 11.3 Å². The number of rotatable bonds is 3. The van der Waals surface area contributed by atoms with Gasteiger partial charge in [0.1, 0.15) is 11.5 Å². The molecular weight excluding hydrogens is 396 g/mol. The van der Waals surface area contributed by atoms with Crippen molar-refractivity contribution in [3.05, 3.63) is 58.8 Å². The summed E-state index contributed by atoms with van der Waals surface area (Å²) in [5.41, 5.74) is 0.943. The predicted molar refractivity (Wildman–Crippen MR) is 99.0 cm³/mol. The van der Waals surface area contributed by atoms with Crippen LogP contribution in [0.2, 0.25) is 0 Å². The van der Waals surface area contributed by atoms with Crippen LogP contribution in [0.4, 0.5) is 0 Å². The Balaban J connectivity index is 1.36. The molecule has 5 nitrogen and oxygen atoms in total.